The molecule has 7 heteroatoms. The highest BCUT2D eigenvalue weighted by atomic mass is 32.1. The van der Waals surface area contributed by atoms with Crippen LogP contribution in [0.25, 0.3) is 0 Å². The number of amides is 1. The summed E-state index contributed by atoms with van der Waals surface area (Å²) in [5.74, 6) is -0.115. The Kier molecular flexibility index (Phi) is 3.04. The van der Waals surface area contributed by atoms with Gasteiger partial charge in [0, 0.05) is 10.9 Å². The van der Waals surface area contributed by atoms with Crippen LogP contribution in [0.15, 0.2) is 6.07 Å². The molecular weight excluding hydrogens is 250 g/mol. The summed E-state index contributed by atoms with van der Waals surface area (Å²) in [4.78, 5) is 12.9. The number of nitrogen functional groups attached to an aromatic ring is 1. The minimum atomic E-state index is -0.364. The molecule has 1 amide bonds. The van der Waals surface area contributed by atoms with E-state index in [1.807, 2.05) is 13.8 Å². The monoisotopic (exact) mass is 261 g/mol. The van der Waals surface area contributed by atoms with E-state index in [-0.39, 0.29) is 17.4 Å². The molecule has 0 aliphatic carbocycles. The second kappa shape index (κ2) is 4.50. The van der Waals surface area contributed by atoms with E-state index in [9.17, 15) is 4.79 Å². The first-order valence-corrected chi connectivity index (χ1v) is 5.97. The molecule has 2 aromatic heterocycles. The number of hydrogen-bond acceptors (Lipinski definition) is 5. The second-order valence-electron chi connectivity index (χ2n) is 3.76. The van der Waals surface area contributed by atoms with Gasteiger partial charge in [-0.1, -0.05) is 0 Å². The first-order valence-electron chi connectivity index (χ1n) is 5.15. The van der Waals surface area contributed by atoms with Crippen molar-refractivity contribution in [1.29, 1.82) is 5.26 Å². The number of nitrogens with zero attached hydrogens (tertiary/aromatic N) is 2. The Morgan fingerprint density at radius 2 is 2.33 bits per heavy atom. The number of aryl methyl sites for hydroxylation is 1. The topological polar surface area (TPSA) is 108 Å². The zero-order valence-electron chi connectivity index (χ0n) is 9.87. The minimum absolute atomic E-state index is 0.249. The van der Waals surface area contributed by atoms with Gasteiger partial charge < -0.3 is 11.1 Å². The number of aromatic amines is 1. The summed E-state index contributed by atoms with van der Waals surface area (Å²) in [7, 11) is 0. The van der Waals surface area contributed by atoms with Gasteiger partial charge in [-0.2, -0.15) is 10.4 Å². The van der Waals surface area contributed by atoms with Crippen LogP contribution in [-0.4, -0.2) is 16.1 Å². The Hall–Kier alpha value is -2.33. The van der Waals surface area contributed by atoms with E-state index in [4.69, 9.17) is 11.0 Å². The summed E-state index contributed by atoms with van der Waals surface area (Å²) in [5.41, 5.74) is 7.08. The molecule has 2 heterocycles. The van der Waals surface area contributed by atoms with Crippen molar-refractivity contribution in [3.05, 3.63) is 27.8 Å². The van der Waals surface area contributed by atoms with Gasteiger partial charge in [-0.15, -0.1) is 11.3 Å². The standard InChI is InChI=1S/C11H11N5OS/c1-5-6(2)18-11(7(5)4-12)14-10(17)8-3-9(13)16-15-8/h3H,1-2H3,(H,14,17)(H3,13,15,16). The van der Waals surface area contributed by atoms with Crippen LogP contribution in [0.2, 0.25) is 0 Å². The first kappa shape index (κ1) is 12.1. The summed E-state index contributed by atoms with van der Waals surface area (Å²) < 4.78 is 0. The van der Waals surface area contributed by atoms with Gasteiger partial charge in [-0.05, 0) is 19.4 Å². The Labute approximate surface area is 107 Å². The maximum Gasteiger partial charge on any atom is 0.274 e. The Balaban J connectivity index is 2.28. The van der Waals surface area contributed by atoms with Crippen molar-refractivity contribution in [2.24, 2.45) is 0 Å². The van der Waals surface area contributed by atoms with Gasteiger partial charge in [-0.3, -0.25) is 9.89 Å². The minimum Gasteiger partial charge on any atom is -0.382 e. The number of hydrogen-bond donors (Lipinski definition) is 3. The molecule has 18 heavy (non-hydrogen) atoms. The van der Waals surface area contributed by atoms with Crippen molar-refractivity contribution >= 4 is 28.1 Å². The average Bonchev–Trinajstić information content (AvgIpc) is 2.85. The van der Waals surface area contributed by atoms with E-state index in [0.717, 1.165) is 10.4 Å². The third kappa shape index (κ3) is 2.06. The number of rotatable bonds is 2. The number of anilines is 2. The smallest absolute Gasteiger partial charge is 0.274 e. The molecule has 0 radical (unpaired) electrons. The Bertz CT molecular complexity index is 649. The van der Waals surface area contributed by atoms with Gasteiger partial charge >= 0.3 is 0 Å². The van der Waals surface area contributed by atoms with Gasteiger partial charge in [0.2, 0.25) is 0 Å². The van der Waals surface area contributed by atoms with Gasteiger partial charge in [0.15, 0.2) is 0 Å². The predicted octanol–water partition coefficient (Wildman–Crippen LogP) is 1.79. The van der Waals surface area contributed by atoms with E-state index in [0.29, 0.717) is 10.6 Å². The predicted molar refractivity (Wildman–Crippen MR) is 69.5 cm³/mol. The molecule has 4 N–H and O–H groups in total. The number of aromatic nitrogens is 2. The summed E-state index contributed by atoms with van der Waals surface area (Å²) in [6, 6.07) is 3.53. The number of H-pyrrole nitrogens is 1. The highest BCUT2D eigenvalue weighted by molar-refractivity contribution is 7.16. The van der Waals surface area contributed by atoms with Crippen molar-refractivity contribution in [2.45, 2.75) is 13.8 Å². The highest BCUT2D eigenvalue weighted by Gasteiger charge is 2.16. The third-order valence-electron chi connectivity index (χ3n) is 2.57. The molecular formula is C11H11N5OS. The number of carbonyl (C=O) groups excluding carboxylic acids is 1. The lowest BCUT2D eigenvalue weighted by Gasteiger charge is -2.00. The first-order chi connectivity index (χ1) is 8.52. The fourth-order valence-electron chi connectivity index (χ4n) is 1.47. The molecule has 0 aliphatic rings. The molecule has 2 aromatic rings. The second-order valence-corrected chi connectivity index (χ2v) is 4.98. The van der Waals surface area contributed by atoms with E-state index >= 15 is 0 Å². The van der Waals surface area contributed by atoms with Crippen molar-refractivity contribution in [2.75, 3.05) is 11.1 Å². The Morgan fingerprint density at radius 1 is 1.61 bits per heavy atom. The van der Waals surface area contributed by atoms with Gasteiger partial charge in [0.05, 0.1) is 5.56 Å². The molecule has 0 fully saturated rings. The van der Waals surface area contributed by atoms with Crippen LogP contribution in [0.3, 0.4) is 0 Å². The van der Waals surface area contributed by atoms with Gasteiger partial charge in [0.1, 0.15) is 22.6 Å². The Morgan fingerprint density at radius 3 is 2.89 bits per heavy atom. The summed E-state index contributed by atoms with van der Waals surface area (Å²) in [5, 5.41) is 18.5. The molecule has 2 rings (SSSR count). The normalized spacial score (nSPS) is 10.1. The average molecular weight is 261 g/mol. The molecule has 0 aliphatic heterocycles. The van der Waals surface area contributed by atoms with E-state index < -0.39 is 0 Å². The number of carbonyl (C=O) groups is 1. The van der Waals surface area contributed by atoms with Crippen LogP contribution in [0.5, 0.6) is 0 Å². The molecule has 0 saturated carbocycles. The fraction of sp³-hybridized carbons (Fsp3) is 0.182. The van der Waals surface area contributed by atoms with E-state index in [1.54, 1.807) is 0 Å². The van der Waals surface area contributed by atoms with Crippen LogP contribution >= 0.6 is 11.3 Å². The molecule has 0 aromatic carbocycles. The SMILES string of the molecule is Cc1sc(NC(=O)c2cc(N)n[nH]2)c(C#N)c1C. The maximum atomic E-state index is 11.9. The van der Waals surface area contributed by atoms with E-state index in [2.05, 4.69) is 21.6 Å². The number of thiophene rings is 1. The lowest BCUT2D eigenvalue weighted by molar-refractivity contribution is 0.102. The number of nitriles is 1. The molecule has 0 bridgehead atoms. The third-order valence-corrected chi connectivity index (χ3v) is 3.69. The highest BCUT2D eigenvalue weighted by Crippen LogP contribution is 2.31. The molecule has 0 atom stereocenters. The van der Waals surface area contributed by atoms with Gasteiger partial charge in [-0.25, -0.2) is 0 Å². The summed E-state index contributed by atoms with van der Waals surface area (Å²) in [6.07, 6.45) is 0. The summed E-state index contributed by atoms with van der Waals surface area (Å²) in [6.45, 7) is 3.76. The van der Waals surface area contributed by atoms with Crippen LogP contribution in [0.4, 0.5) is 10.8 Å². The van der Waals surface area contributed by atoms with Crippen LogP contribution in [0.1, 0.15) is 26.5 Å². The van der Waals surface area contributed by atoms with Crippen LogP contribution in [-0.2, 0) is 0 Å². The molecule has 6 nitrogen and oxygen atoms in total. The van der Waals surface area contributed by atoms with Crippen molar-refractivity contribution in [3.63, 3.8) is 0 Å². The van der Waals surface area contributed by atoms with Crippen molar-refractivity contribution < 1.29 is 4.79 Å². The molecule has 0 spiro atoms. The van der Waals surface area contributed by atoms with E-state index in [1.165, 1.54) is 17.4 Å². The van der Waals surface area contributed by atoms with Crippen LogP contribution < -0.4 is 11.1 Å². The zero-order valence-corrected chi connectivity index (χ0v) is 10.7. The fourth-order valence-corrected chi connectivity index (χ4v) is 2.48. The zero-order chi connectivity index (χ0) is 13.3. The molecule has 92 valence electrons. The number of nitrogens with one attached hydrogen (secondary N) is 2. The van der Waals surface area contributed by atoms with Crippen molar-refractivity contribution in [3.8, 4) is 6.07 Å². The van der Waals surface area contributed by atoms with Gasteiger partial charge in [0.25, 0.3) is 5.91 Å². The summed E-state index contributed by atoms with van der Waals surface area (Å²) >= 11 is 1.38. The largest absolute Gasteiger partial charge is 0.382 e. The lowest BCUT2D eigenvalue weighted by atomic mass is 10.2. The lowest BCUT2D eigenvalue weighted by Crippen LogP contribution is -2.12. The number of nitrogens with two attached hydrogens (primary N) is 1. The quantitative estimate of drug-likeness (QED) is 0.765. The maximum absolute atomic E-state index is 11.9. The molecule has 0 unspecified atom stereocenters. The van der Waals surface area contributed by atoms with Crippen molar-refractivity contribution in [1.82, 2.24) is 10.2 Å². The molecule has 0 saturated heterocycles. The van der Waals surface area contributed by atoms with Crippen LogP contribution in [0, 0.1) is 25.2 Å².